The number of carbonyl (C=O) groups is 1. The number of pyridine rings is 1. The van der Waals surface area contributed by atoms with Gasteiger partial charge in [0.2, 0.25) is 0 Å². The molecular weight excluding hydrogens is 318 g/mol. The van der Waals surface area contributed by atoms with Crippen LogP contribution < -0.4 is 4.90 Å². The number of hydrogen-bond acceptors (Lipinski definition) is 5. The molecule has 7 nitrogen and oxygen atoms in total. The average molecular weight is 343 g/mol. The highest BCUT2D eigenvalue weighted by atomic mass is 16.3. The highest BCUT2D eigenvalue weighted by Gasteiger charge is 2.36. The van der Waals surface area contributed by atoms with Crippen molar-refractivity contribution in [3.05, 3.63) is 42.4 Å². The Morgan fingerprint density at radius 3 is 2.96 bits per heavy atom. The topological polar surface area (TPSA) is 74.5 Å². The number of aromatic nitrogens is 3. The van der Waals surface area contributed by atoms with Gasteiger partial charge in [0.1, 0.15) is 5.82 Å². The summed E-state index contributed by atoms with van der Waals surface area (Å²) >= 11 is 0. The summed E-state index contributed by atoms with van der Waals surface area (Å²) in [5, 5.41) is 15.2. The number of anilines is 1. The van der Waals surface area contributed by atoms with Crippen molar-refractivity contribution in [2.24, 2.45) is 0 Å². The molecule has 0 spiro atoms. The number of rotatable bonds is 5. The van der Waals surface area contributed by atoms with Gasteiger partial charge in [-0.2, -0.15) is 5.10 Å². The zero-order valence-corrected chi connectivity index (χ0v) is 14.8. The fourth-order valence-electron chi connectivity index (χ4n) is 3.36. The van der Waals surface area contributed by atoms with E-state index in [4.69, 9.17) is 0 Å². The SMILES string of the molecule is CCn1cc(C(=O)N(C)C[C@]2(O)CCCN(c3ccccn3)C2)cn1. The minimum atomic E-state index is -0.944. The first kappa shape index (κ1) is 17.4. The Bertz CT molecular complexity index is 717. The molecule has 1 amide bonds. The second kappa shape index (κ2) is 7.23. The number of amides is 1. The lowest BCUT2D eigenvalue weighted by molar-refractivity contribution is -0.000135. The van der Waals surface area contributed by atoms with Gasteiger partial charge in [-0.05, 0) is 31.9 Å². The number of piperidine rings is 1. The third-order valence-electron chi connectivity index (χ3n) is 4.61. The molecule has 1 saturated heterocycles. The number of carbonyl (C=O) groups excluding carboxylic acids is 1. The Balaban J connectivity index is 1.66. The van der Waals surface area contributed by atoms with E-state index in [0.717, 1.165) is 25.3 Å². The molecule has 1 fully saturated rings. The smallest absolute Gasteiger partial charge is 0.256 e. The van der Waals surface area contributed by atoms with Crippen LogP contribution in [0.1, 0.15) is 30.1 Å². The highest BCUT2D eigenvalue weighted by Crippen LogP contribution is 2.25. The van der Waals surface area contributed by atoms with E-state index in [-0.39, 0.29) is 12.5 Å². The third-order valence-corrected chi connectivity index (χ3v) is 4.61. The molecule has 2 aromatic rings. The number of nitrogens with zero attached hydrogens (tertiary/aromatic N) is 5. The van der Waals surface area contributed by atoms with Crippen LogP contribution in [-0.2, 0) is 6.54 Å². The minimum absolute atomic E-state index is 0.122. The van der Waals surface area contributed by atoms with Crippen LogP contribution in [0.3, 0.4) is 0 Å². The van der Waals surface area contributed by atoms with Gasteiger partial charge in [0, 0.05) is 39.1 Å². The molecule has 0 radical (unpaired) electrons. The van der Waals surface area contributed by atoms with Crippen molar-refractivity contribution in [2.75, 3.05) is 31.6 Å². The van der Waals surface area contributed by atoms with Crippen molar-refractivity contribution in [3.63, 3.8) is 0 Å². The maximum atomic E-state index is 12.6. The Labute approximate surface area is 147 Å². The van der Waals surface area contributed by atoms with Crippen LogP contribution in [0.4, 0.5) is 5.82 Å². The predicted octanol–water partition coefficient (Wildman–Crippen LogP) is 1.40. The molecule has 3 rings (SSSR count). The molecule has 0 aliphatic carbocycles. The quantitative estimate of drug-likeness (QED) is 0.888. The largest absolute Gasteiger partial charge is 0.386 e. The summed E-state index contributed by atoms with van der Waals surface area (Å²) in [5.41, 5.74) is -0.397. The van der Waals surface area contributed by atoms with E-state index in [1.54, 1.807) is 35.2 Å². The van der Waals surface area contributed by atoms with E-state index in [1.807, 2.05) is 25.1 Å². The minimum Gasteiger partial charge on any atom is -0.386 e. The fourth-order valence-corrected chi connectivity index (χ4v) is 3.36. The van der Waals surface area contributed by atoms with Gasteiger partial charge in [-0.15, -0.1) is 0 Å². The summed E-state index contributed by atoms with van der Waals surface area (Å²) in [4.78, 5) is 20.6. The lowest BCUT2D eigenvalue weighted by Gasteiger charge is -2.41. The molecule has 134 valence electrons. The third kappa shape index (κ3) is 3.99. The number of likely N-dealkylation sites (N-methyl/N-ethyl adjacent to an activating group) is 1. The van der Waals surface area contributed by atoms with Gasteiger partial charge in [-0.1, -0.05) is 6.07 Å². The molecule has 3 heterocycles. The van der Waals surface area contributed by atoms with Crippen molar-refractivity contribution < 1.29 is 9.90 Å². The van der Waals surface area contributed by atoms with Crippen LogP contribution in [0.2, 0.25) is 0 Å². The molecule has 0 saturated carbocycles. The van der Waals surface area contributed by atoms with Crippen LogP contribution in [0.25, 0.3) is 0 Å². The second-order valence-corrected chi connectivity index (χ2v) is 6.68. The van der Waals surface area contributed by atoms with E-state index in [1.165, 1.54) is 0 Å². The summed E-state index contributed by atoms with van der Waals surface area (Å²) in [7, 11) is 1.73. The molecule has 25 heavy (non-hydrogen) atoms. The van der Waals surface area contributed by atoms with Gasteiger partial charge in [0.15, 0.2) is 0 Å². The standard InChI is InChI=1S/C18H25N5O2/c1-3-23-12-15(11-20-23)17(24)21(2)13-18(25)8-6-10-22(14-18)16-7-4-5-9-19-16/h4-5,7,9,11-12,25H,3,6,8,10,13-14H2,1-2H3/t18-/m1/s1. The van der Waals surface area contributed by atoms with Gasteiger partial charge in [0.05, 0.1) is 23.9 Å². The molecule has 0 unspecified atom stereocenters. The van der Waals surface area contributed by atoms with Crippen LogP contribution >= 0.6 is 0 Å². The Morgan fingerprint density at radius 1 is 1.44 bits per heavy atom. The van der Waals surface area contributed by atoms with Gasteiger partial charge < -0.3 is 14.9 Å². The molecule has 1 aliphatic rings. The van der Waals surface area contributed by atoms with Crippen molar-refractivity contribution in [3.8, 4) is 0 Å². The lowest BCUT2D eigenvalue weighted by Crippen LogP contribution is -2.54. The monoisotopic (exact) mass is 343 g/mol. The van der Waals surface area contributed by atoms with Crippen LogP contribution in [0.5, 0.6) is 0 Å². The molecule has 0 bridgehead atoms. The van der Waals surface area contributed by atoms with Crippen LogP contribution in [0.15, 0.2) is 36.8 Å². The van der Waals surface area contributed by atoms with E-state index >= 15 is 0 Å². The van der Waals surface area contributed by atoms with Crippen molar-refractivity contribution in [1.29, 1.82) is 0 Å². The van der Waals surface area contributed by atoms with Crippen LogP contribution in [0, 0.1) is 0 Å². The number of hydrogen-bond donors (Lipinski definition) is 1. The van der Waals surface area contributed by atoms with Crippen molar-refractivity contribution in [1.82, 2.24) is 19.7 Å². The summed E-state index contributed by atoms with van der Waals surface area (Å²) in [5.74, 6) is 0.738. The second-order valence-electron chi connectivity index (χ2n) is 6.68. The first-order chi connectivity index (χ1) is 12.0. The normalized spacial score (nSPS) is 20.5. The summed E-state index contributed by atoms with van der Waals surface area (Å²) in [6, 6.07) is 5.76. The van der Waals surface area contributed by atoms with E-state index in [0.29, 0.717) is 18.5 Å². The Morgan fingerprint density at radius 2 is 2.28 bits per heavy atom. The first-order valence-electron chi connectivity index (χ1n) is 8.67. The summed E-state index contributed by atoms with van der Waals surface area (Å²) in [6.45, 7) is 4.31. The van der Waals surface area contributed by atoms with Gasteiger partial charge in [-0.3, -0.25) is 9.48 Å². The molecule has 0 aromatic carbocycles. The average Bonchev–Trinajstić information content (AvgIpc) is 3.10. The van der Waals surface area contributed by atoms with Gasteiger partial charge in [0.25, 0.3) is 5.91 Å². The number of β-amino-alcohol motifs (C(OH)–C–C–N with tert-alkyl or cyclic N) is 1. The zero-order chi connectivity index (χ0) is 17.9. The number of aryl methyl sites for hydroxylation is 1. The van der Waals surface area contributed by atoms with Gasteiger partial charge in [-0.25, -0.2) is 4.98 Å². The molecule has 1 atom stereocenters. The lowest BCUT2D eigenvalue weighted by atomic mass is 9.92. The Hall–Kier alpha value is -2.41. The predicted molar refractivity (Wildman–Crippen MR) is 95.5 cm³/mol. The van der Waals surface area contributed by atoms with Crippen molar-refractivity contribution >= 4 is 11.7 Å². The maximum Gasteiger partial charge on any atom is 0.256 e. The molecule has 2 aromatic heterocycles. The fraction of sp³-hybridized carbons (Fsp3) is 0.500. The number of aliphatic hydroxyl groups is 1. The highest BCUT2D eigenvalue weighted by molar-refractivity contribution is 5.93. The molecule has 7 heteroatoms. The van der Waals surface area contributed by atoms with Crippen molar-refractivity contribution in [2.45, 2.75) is 31.9 Å². The first-order valence-corrected chi connectivity index (χ1v) is 8.67. The zero-order valence-electron chi connectivity index (χ0n) is 14.8. The molecule has 1 N–H and O–H groups in total. The van der Waals surface area contributed by atoms with E-state index < -0.39 is 5.60 Å². The van der Waals surface area contributed by atoms with Gasteiger partial charge >= 0.3 is 0 Å². The van der Waals surface area contributed by atoms with E-state index in [2.05, 4.69) is 15.0 Å². The maximum absolute atomic E-state index is 12.6. The summed E-state index contributed by atoms with van der Waals surface area (Å²) < 4.78 is 1.72. The van der Waals surface area contributed by atoms with Crippen LogP contribution in [-0.4, -0.2) is 63.0 Å². The molecule has 1 aliphatic heterocycles. The van der Waals surface area contributed by atoms with E-state index in [9.17, 15) is 9.90 Å². The Kier molecular flexibility index (Phi) is 5.03. The molecular formula is C18H25N5O2. The summed E-state index contributed by atoms with van der Waals surface area (Å²) in [6.07, 6.45) is 6.60.